The zero-order valence-electron chi connectivity index (χ0n) is 39.5. The quantitative estimate of drug-likeness (QED) is 0.0926. The fourth-order valence-corrected chi connectivity index (χ4v) is 9.15. The fourth-order valence-electron chi connectivity index (χ4n) is 9.15. The van der Waals surface area contributed by atoms with Crippen molar-refractivity contribution in [3.05, 3.63) is 0 Å². The average Bonchev–Trinajstić information content (AvgIpc) is 3.47. The van der Waals surface area contributed by atoms with Crippen LogP contribution in [0.25, 0.3) is 0 Å². The predicted molar refractivity (Wildman–Crippen MR) is 226 cm³/mol. The highest BCUT2D eigenvalue weighted by molar-refractivity contribution is 6.00. The summed E-state index contributed by atoms with van der Waals surface area (Å²) in [5.41, 5.74) is -2.88. The molecule has 0 aromatic rings. The first kappa shape index (κ1) is 53.1. The Balaban J connectivity index is 1.91. The van der Waals surface area contributed by atoms with Gasteiger partial charge in [-0.3, -0.25) is 33.6 Å². The first-order valence-electron chi connectivity index (χ1n) is 22.0. The second-order valence-corrected chi connectivity index (χ2v) is 18.4. The summed E-state index contributed by atoms with van der Waals surface area (Å²) < 4.78 is 36.9. The third-order valence-electron chi connectivity index (χ3n) is 13.1. The molecule has 358 valence electrons. The van der Waals surface area contributed by atoms with Crippen LogP contribution in [0.3, 0.4) is 0 Å². The molecule has 3 rings (SSSR count). The van der Waals surface area contributed by atoms with Gasteiger partial charge in [-0.1, -0.05) is 27.2 Å². The van der Waals surface area contributed by atoms with Crippen molar-refractivity contribution in [2.24, 2.45) is 23.7 Å². The number of fused-ring (bicyclic) bond motifs is 1. The van der Waals surface area contributed by atoms with E-state index in [1.54, 1.807) is 41.5 Å². The molecule has 0 aromatic carbocycles. The van der Waals surface area contributed by atoms with Crippen LogP contribution in [0.5, 0.6) is 0 Å². The van der Waals surface area contributed by atoms with Gasteiger partial charge in [0.1, 0.15) is 29.9 Å². The Morgan fingerprint density at radius 1 is 0.921 bits per heavy atom. The van der Waals surface area contributed by atoms with Gasteiger partial charge < -0.3 is 54.0 Å². The van der Waals surface area contributed by atoms with Crippen LogP contribution >= 0.6 is 0 Å². The van der Waals surface area contributed by atoms with Gasteiger partial charge in [0.2, 0.25) is 11.8 Å². The number of likely N-dealkylation sites (N-methyl/N-ethyl adjacent to an activating group) is 1. The van der Waals surface area contributed by atoms with Crippen molar-refractivity contribution in [1.29, 1.82) is 0 Å². The Kier molecular flexibility index (Phi) is 18.7. The standard InChI is InChI=1S/C44H72N4O15/c1-22-21-43(10,58-14)37(62-41-35(61-30(9)49)31(47(12)13)20-23(2)59-41)25(4)34(52)26(5)40(56)60-29(8)44(11)36(24(3)33(22)51)48(42(57)63-44)19-17-15-16-18-32(50)45-27(6)38(53)46-28(7)39(54)55/h22-29,31,35-37,41H,15-21H2,1-14H3,(H,45,50)(H,46,53)(H,54,55)/t22-,23-,24+,25+,26-,27-,28-,29-,31+,35-,36-,37-,41+,43?,44-/m1/s1. The van der Waals surface area contributed by atoms with Crippen LogP contribution in [0.15, 0.2) is 0 Å². The van der Waals surface area contributed by atoms with Gasteiger partial charge in [-0.2, -0.15) is 0 Å². The number of carbonyl (C=O) groups excluding carboxylic acids is 7. The van der Waals surface area contributed by atoms with Crippen molar-refractivity contribution in [2.75, 3.05) is 27.7 Å². The SMILES string of the molecule is COC1(C)C[C@@H](C)C(=O)[C@H](C)[C@H]2N(CCCCCC(=O)N[C@H](C)C(=O)N[C@H](C)C(=O)O)C(=O)O[C@]2(C)[C@@H](C)OC(=O)[C@H](C)C(=O)[C@H](C)[C@H]1O[C@@H]1O[C@H](C)C[C@H](N(C)C)[C@H]1OC(C)=O. The number of methoxy groups -OCH3 is 1. The Labute approximate surface area is 371 Å². The van der Waals surface area contributed by atoms with Crippen LogP contribution in [0.2, 0.25) is 0 Å². The van der Waals surface area contributed by atoms with Crippen LogP contribution < -0.4 is 10.6 Å². The smallest absolute Gasteiger partial charge is 0.410 e. The maximum Gasteiger partial charge on any atom is 0.410 e. The van der Waals surface area contributed by atoms with Crippen molar-refractivity contribution in [2.45, 2.75) is 181 Å². The van der Waals surface area contributed by atoms with E-state index < -0.39 is 119 Å². The molecule has 0 saturated carbocycles. The Morgan fingerprint density at radius 2 is 1.56 bits per heavy atom. The number of amides is 3. The third kappa shape index (κ3) is 12.8. The molecule has 0 bridgehead atoms. The molecule has 63 heavy (non-hydrogen) atoms. The van der Waals surface area contributed by atoms with Gasteiger partial charge in [0.15, 0.2) is 23.8 Å². The van der Waals surface area contributed by atoms with E-state index in [0.717, 1.165) is 0 Å². The molecule has 1 unspecified atom stereocenters. The molecule has 3 saturated heterocycles. The lowest BCUT2D eigenvalue weighted by atomic mass is 9.73. The lowest BCUT2D eigenvalue weighted by molar-refractivity contribution is -0.298. The molecule has 19 nitrogen and oxygen atoms in total. The van der Waals surface area contributed by atoms with Gasteiger partial charge in [-0.05, 0) is 88.2 Å². The van der Waals surface area contributed by atoms with Crippen LogP contribution in [0, 0.1) is 23.7 Å². The minimum absolute atomic E-state index is 0.0418. The molecule has 0 spiro atoms. The van der Waals surface area contributed by atoms with Crippen LogP contribution in [-0.4, -0.2) is 156 Å². The molecular formula is C44H72N4O15. The van der Waals surface area contributed by atoms with Gasteiger partial charge >= 0.3 is 24.0 Å². The zero-order valence-corrected chi connectivity index (χ0v) is 39.5. The first-order valence-corrected chi connectivity index (χ1v) is 22.0. The third-order valence-corrected chi connectivity index (χ3v) is 13.1. The topological polar surface area (TPSA) is 243 Å². The largest absolute Gasteiger partial charge is 0.480 e. The number of nitrogens with zero attached hydrogens (tertiary/aromatic N) is 2. The fraction of sp³-hybridized carbons (Fsp3) is 0.818. The van der Waals surface area contributed by atoms with Crippen molar-refractivity contribution in [3.8, 4) is 0 Å². The Bertz CT molecular complexity index is 1690. The monoisotopic (exact) mass is 896 g/mol. The maximum atomic E-state index is 14.7. The minimum Gasteiger partial charge on any atom is -0.480 e. The number of carboxylic acid groups (broad SMARTS) is 1. The molecule has 19 heteroatoms. The number of unbranched alkanes of at least 4 members (excludes halogenated alkanes) is 2. The lowest BCUT2D eigenvalue weighted by Gasteiger charge is -2.47. The van der Waals surface area contributed by atoms with Crippen molar-refractivity contribution >= 4 is 47.4 Å². The summed E-state index contributed by atoms with van der Waals surface area (Å²) in [5.74, 6) is -8.40. The molecule has 3 aliphatic rings. The van der Waals surface area contributed by atoms with Gasteiger partial charge in [0.25, 0.3) is 0 Å². The number of hydrogen-bond donors (Lipinski definition) is 3. The summed E-state index contributed by atoms with van der Waals surface area (Å²) >= 11 is 0. The Hall–Kier alpha value is -4.20. The second kappa shape index (κ2) is 22.1. The molecule has 0 aliphatic carbocycles. The number of carboxylic acids is 1. The first-order chi connectivity index (χ1) is 29.2. The summed E-state index contributed by atoms with van der Waals surface area (Å²) in [6.07, 6.45) is -3.44. The van der Waals surface area contributed by atoms with Crippen LogP contribution in [0.1, 0.15) is 115 Å². The average molecular weight is 897 g/mol. The summed E-state index contributed by atoms with van der Waals surface area (Å²) in [7, 11) is 5.15. The molecular weight excluding hydrogens is 824 g/mol. The number of aliphatic carboxylic acids is 1. The highest BCUT2D eigenvalue weighted by Gasteiger charge is 2.60. The van der Waals surface area contributed by atoms with Gasteiger partial charge in [0.05, 0.1) is 29.9 Å². The summed E-state index contributed by atoms with van der Waals surface area (Å²) in [6, 6.07) is -3.31. The predicted octanol–water partition coefficient (Wildman–Crippen LogP) is 3.03. The summed E-state index contributed by atoms with van der Waals surface area (Å²) in [4.78, 5) is 108. The highest BCUT2D eigenvalue weighted by Crippen LogP contribution is 2.42. The van der Waals surface area contributed by atoms with E-state index in [9.17, 15) is 38.4 Å². The normalized spacial score (nSPS) is 35.4. The number of rotatable bonds is 15. The number of esters is 2. The van der Waals surface area contributed by atoms with Gasteiger partial charge in [0, 0.05) is 44.8 Å². The minimum atomic E-state index is -1.52. The molecule has 15 atom stereocenters. The number of hydrogen-bond acceptors (Lipinski definition) is 15. The van der Waals surface area contributed by atoms with Crippen molar-refractivity contribution in [1.82, 2.24) is 20.4 Å². The van der Waals surface area contributed by atoms with Crippen LogP contribution in [-0.2, 0) is 62.0 Å². The molecule has 3 fully saturated rings. The number of Topliss-reactive ketones (excluding diaryl/α,β-unsaturated/α-hetero) is 2. The van der Waals surface area contributed by atoms with E-state index in [2.05, 4.69) is 10.6 Å². The van der Waals surface area contributed by atoms with E-state index in [4.69, 9.17) is 33.5 Å². The van der Waals surface area contributed by atoms with E-state index in [1.807, 2.05) is 25.9 Å². The number of ketones is 2. The number of nitrogens with one attached hydrogen (secondary N) is 2. The molecule has 0 radical (unpaired) electrons. The molecule has 3 N–H and O–H groups in total. The maximum absolute atomic E-state index is 14.7. The number of ether oxygens (including phenoxy) is 6. The van der Waals surface area contributed by atoms with E-state index in [0.29, 0.717) is 25.7 Å². The number of carbonyl (C=O) groups is 8. The van der Waals surface area contributed by atoms with Crippen molar-refractivity contribution in [3.63, 3.8) is 0 Å². The summed E-state index contributed by atoms with van der Waals surface area (Å²) in [5, 5.41) is 13.9. The van der Waals surface area contributed by atoms with Gasteiger partial charge in [-0.25, -0.2) is 4.79 Å². The molecule has 3 amide bonds. The molecule has 3 aliphatic heterocycles. The zero-order chi connectivity index (χ0) is 47.9. The van der Waals surface area contributed by atoms with Crippen LogP contribution in [0.4, 0.5) is 4.79 Å². The highest BCUT2D eigenvalue weighted by atomic mass is 16.7. The summed E-state index contributed by atoms with van der Waals surface area (Å²) in [6.45, 7) is 17.4. The van der Waals surface area contributed by atoms with E-state index in [1.165, 1.54) is 39.7 Å². The molecule has 0 aromatic heterocycles. The number of cyclic esters (lactones) is 1. The van der Waals surface area contributed by atoms with E-state index >= 15 is 0 Å². The lowest BCUT2D eigenvalue weighted by Crippen LogP contribution is -2.60. The second-order valence-electron chi connectivity index (χ2n) is 18.4. The van der Waals surface area contributed by atoms with E-state index in [-0.39, 0.29) is 37.3 Å². The molecule has 3 heterocycles. The van der Waals surface area contributed by atoms with Crippen molar-refractivity contribution < 1.29 is 71.9 Å². The Morgan fingerprint density at radius 3 is 2.13 bits per heavy atom. The van der Waals surface area contributed by atoms with Gasteiger partial charge in [-0.15, -0.1) is 0 Å².